The molecule has 1 nitrogen and oxygen atoms in total. The van der Waals surface area contributed by atoms with E-state index in [4.69, 9.17) is 4.74 Å². The van der Waals surface area contributed by atoms with Crippen molar-refractivity contribution in [3.63, 3.8) is 0 Å². The van der Waals surface area contributed by atoms with Gasteiger partial charge in [-0.2, -0.15) is 0 Å². The summed E-state index contributed by atoms with van der Waals surface area (Å²) in [5.41, 5.74) is 0.276. The van der Waals surface area contributed by atoms with Crippen molar-refractivity contribution >= 4 is 0 Å². The molecule has 0 aromatic carbocycles. The molecule has 0 saturated carbocycles. The van der Waals surface area contributed by atoms with E-state index >= 15 is 0 Å². The molecule has 12 heavy (non-hydrogen) atoms. The van der Waals surface area contributed by atoms with E-state index in [1.54, 1.807) is 0 Å². The van der Waals surface area contributed by atoms with Crippen LogP contribution >= 0.6 is 0 Å². The van der Waals surface area contributed by atoms with Gasteiger partial charge in [-0.3, -0.25) is 0 Å². The summed E-state index contributed by atoms with van der Waals surface area (Å²) >= 11 is 0. The van der Waals surface area contributed by atoms with Gasteiger partial charge in [-0.25, -0.2) is 0 Å². The number of ether oxygens (including phenoxy) is 1. The smallest absolute Gasteiger partial charge is 0.0648 e. The molecule has 0 N–H and O–H groups in total. The lowest BCUT2D eigenvalue weighted by Gasteiger charge is -2.40. The van der Waals surface area contributed by atoms with Crippen molar-refractivity contribution in [1.82, 2.24) is 0 Å². The first-order valence-electron chi connectivity index (χ1n) is 4.85. The fourth-order valence-corrected chi connectivity index (χ4v) is 2.00. The Hall–Kier alpha value is -0.300. The summed E-state index contributed by atoms with van der Waals surface area (Å²) in [5.74, 6) is 1.32. The number of hydrogen-bond donors (Lipinski definition) is 0. The summed E-state index contributed by atoms with van der Waals surface area (Å²) in [6.07, 6.45) is 4.51. The van der Waals surface area contributed by atoms with E-state index < -0.39 is 0 Å². The molecule has 0 fully saturated rings. The van der Waals surface area contributed by atoms with Gasteiger partial charge in [0, 0.05) is 5.41 Å². The lowest BCUT2D eigenvalue weighted by Crippen LogP contribution is -2.38. The quantitative estimate of drug-likeness (QED) is 0.576. The first kappa shape index (κ1) is 9.79. The first-order chi connectivity index (χ1) is 5.59. The van der Waals surface area contributed by atoms with Gasteiger partial charge in [0.1, 0.15) is 0 Å². The van der Waals surface area contributed by atoms with Crippen LogP contribution in [0.15, 0.2) is 12.2 Å². The molecule has 1 heterocycles. The van der Waals surface area contributed by atoms with E-state index in [0.29, 0.717) is 11.8 Å². The molecule has 0 aliphatic carbocycles. The largest absolute Gasteiger partial charge is 0.376 e. The highest BCUT2D eigenvalue weighted by Crippen LogP contribution is 2.39. The molecule has 0 aromatic rings. The van der Waals surface area contributed by atoms with E-state index in [9.17, 15) is 0 Å². The van der Waals surface area contributed by atoms with Crippen molar-refractivity contribution in [2.75, 3.05) is 13.2 Å². The van der Waals surface area contributed by atoms with Crippen molar-refractivity contribution < 1.29 is 4.74 Å². The third-order valence-corrected chi connectivity index (χ3v) is 3.14. The molecule has 0 atom stereocenters. The molecule has 70 valence electrons. The fraction of sp³-hybridized carbons (Fsp3) is 0.818. The Morgan fingerprint density at radius 2 is 1.75 bits per heavy atom. The van der Waals surface area contributed by atoms with Gasteiger partial charge in [-0.15, -0.1) is 0 Å². The molecular formula is C11H20O. The van der Waals surface area contributed by atoms with Crippen LogP contribution in [0.1, 0.15) is 27.7 Å². The maximum atomic E-state index is 5.52. The molecule has 1 aliphatic rings. The van der Waals surface area contributed by atoms with Crippen LogP contribution in [0.25, 0.3) is 0 Å². The Kier molecular flexibility index (Phi) is 2.94. The molecule has 0 aromatic heterocycles. The van der Waals surface area contributed by atoms with Crippen molar-refractivity contribution in [3.8, 4) is 0 Å². The zero-order chi connectivity index (χ0) is 9.19. The lowest BCUT2D eigenvalue weighted by molar-refractivity contribution is 0.0159. The summed E-state index contributed by atoms with van der Waals surface area (Å²) in [4.78, 5) is 0. The summed E-state index contributed by atoms with van der Waals surface area (Å²) < 4.78 is 5.52. The Morgan fingerprint density at radius 3 is 2.00 bits per heavy atom. The maximum absolute atomic E-state index is 5.52. The lowest BCUT2D eigenvalue weighted by atomic mass is 9.69. The van der Waals surface area contributed by atoms with Gasteiger partial charge in [0.2, 0.25) is 0 Å². The molecule has 1 rings (SSSR count). The SMILES string of the molecule is CC(C)C1(C(C)C)C=CCOC1. The van der Waals surface area contributed by atoms with Gasteiger partial charge < -0.3 is 4.74 Å². The van der Waals surface area contributed by atoms with Crippen molar-refractivity contribution in [2.45, 2.75) is 27.7 Å². The second kappa shape index (κ2) is 3.61. The monoisotopic (exact) mass is 168 g/mol. The predicted octanol–water partition coefficient (Wildman–Crippen LogP) is 2.87. The second-order valence-electron chi connectivity index (χ2n) is 4.34. The van der Waals surface area contributed by atoms with Crippen LogP contribution in [0.3, 0.4) is 0 Å². The first-order valence-corrected chi connectivity index (χ1v) is 4.85. The van der Waals surface area contributed by atoms with E-state index in [1.807, 2.05) is 0 Å². The van der Waals surface area contributed by atoms with E-state index in [-0.39, 0.29) is 5.41 Å². The van der Waals surface area contributed by atoms with Crippen LogP contribution < -0.4 is 0 Å². The standard InChI is InChI=1S/C11H20O/c1-9(2)11(10(3)4)6-5-7-12-8-11/h5-6,9-10H,7-8H2,1-4H3. The van der Waals surface area contributed by atoms with E-state index in [2.05, 4.69) is 39.8 Å². The topological polar surface area (TPSA) is 9.23 Å². The van der Waals surface area contributed by atoms with Gasteiger partial charge in [0.05, 0.1) is 13.2 Å². The normalized spacial score (nSPS) is 22.2. The van der Waals surface area contributed by atoms with Crippen LogP contribution in [0.5, 0.6) is 0 Å². The van der Waals surface area contributed by atoms with Crippen LogP contribution in [0.4, 0.5) is 0 Å². The Morgan fingerprint density at radius 1 is 1.17 bits per heavy atom. The van der Waals surface area contributed by atoms with Crippen LogP contribution in [0, 0.1) is 17.3 Å². The number of hydrogen-bond acceptors (Lipinski definition) is 1. The molecular weight excluding hydrogens is 148 g/mol. The minimum atomic E-state index is 0.276. The van der Waals surface area contributed by atoms with Crippen LogP contribution in [-0.2, 0) is 4.74 Å². The molecule has 0 saturated heterocycles. The molecule has 0 unspecified atom stereocenters. The molecule has 0 bridgehead atoms. The average molecular weight is 168 g/mol. The van der Waals surface area contributed by atoms with Crippen molar-refractivity contribution in [1.29, 1.82) is 0 Å². The average Bonchev–Trinajstić information content (AvgIpc) is 2.05. The molecule has 0 radical (unpaired) electrons. The van der Waals surface area contributed by atoms with Crippen molar-refractivity contribution in [2.24, 2.45) is 17.3 Å². The Balaban J connectivity index is 2.85. The third kappa shape index (κ3) is 1.56. The summed E-state index contributed by atoms with van der Waals surface area (Å²) in [5, 5.41) is 0. The minimum Gasteiger partial charge on any atom is -0.376 e. The van der Waals surface area contributed by atoms with Gasteiger partial charge in [-0.05, 0) is 11.8 Å². The maximum Gasteiger partial charge on any atom is 0.0648 e. The van der Waals surface area contributed by atoms with E-state index in [0.717, 1.165) is 13.2 Å². The van der Waals surface area contributed by atoms with Crippen LogP contribution in [0.2, 0.25) is 0 Å². The highest BCUT2D eigenvalue weighted by molar-refractivity contribution is 5.06. The van der Waals surface area contributed by atoms with Gasteiger partial charge in [-0.1, -0.05) is 39.8 Å². The summed E-state index contributed by atoms with van der Waals surface area (Å²) in [6.45, 7) is 10.8. The minimum absolute atomic E-state index is 0.276. The third-order valence-electron chi connectivity index (χ3n) is 3.14. The predicted molar refractivity (Wildman–Crippen MR) is 52.1 cm³/mol. The summed E-state index contributed by atoms with van der Waals surface area (Å²) in [7, 11) is 0. The Labute approximate surface area is 75.8 Å². The second-order valence-corrected chi connectivity index (χ2v) is 4.34. The van der Waals surface area contributed by atoms with Crippen LogP contribution in [-0.4, -0.2) is 13.2 Å². The van der Waals surface area contributed by atoms with E-state index in [1.165, 1.54) is 0 Å². The van der Waals surface area contributed by atoms with Gasteiger partial charge >= 0.3 is 0 Å². The molecule has 0 spiro atoms. The highest BCUT2D eigenvalue weighted by Gasteiger charge is 2.35. The molecule has 1 heteroatoms. The fourth-order valence-electron chi connectivity index (χ4n) is 2.00. The molecule has 1 aliphatic heterocycles. The molecule has 0 amide bonds. The highest BCUT2D eigenvalue weighted by atomic mass is 16.5. The zero-order valence-electron chi connectivity index (χ0n) is 8.63. The summed E-state index contributed by atoms with van der Waals surface area (Å²) in [6, 6.07) is 0. The van der Waals surface area contributed by atoms with Gasteiger partial charge in [0.15, 0.2) is 0 Å². The van der Waals surface area contributed by atoms with Gasteiger partial charge in [0.25, 0.3) is 0 Å². The zero-order valence-corrected chi connectivity index (χ0v) is 8.63. The number of rotatable bonds is 2. The Bertz CT molecular complexity index is 160. The van der Waals surface area contributed by atoms with Crippen molar-refractivity contribution in [3.05, 3.63) is 12.2 Å².